The van der Waals surface area contributed by atoms with E-state index in [1.807, 2.05) is 4.90 Å². The van der Waals surface area contributed by atoms with Gasteiger partial charge in [-0.3, -0.25) is 0 Å². The average molecular weight is 279 g/mol. The standard InChI is InChI=1S/C19H22N2/c1-3-13-11-21-9-8-19-15-6-4-5-7-16(15)20-18(19)12(2)14(13)10-17(19)21/h3-7,14,17-18,20H,2,8-11H2,1H3/p+1/b13-3-/t14-,17+,18+,19-/m1/s1. The molecule has 0 amide bonds. The number of para-hydroxylation sites is 1. The van der Waals surface area contributed by atoms with Crippen LogP contribution in [-0.2, 0) is 5.41 Å². The number of allylic oxidation sites excluding steroid dienone is 1. The molecule has 2 bridgehead atoms. The van der Waals surface area contributed by atoms with Crippen LogP contribution in [0.3, 0.4) is 0 Å². The van der Waals surface area contributed by atoms with Gasteiger partial charge in [-0.1, -0.05) is 30.9 Å². The number of hydrogen-bond donors (Lipinski definition) is 2. The molecule has 1 aromatic rings. The number of hydrogen-bond acceptors (Lipinski definition) is 1. The van der Waals surface area contributed by atoms with Gasteiger partial charge in [0, 0.05) is 24.4 Å². The molecular formula is C19H23N2+. The zero-order valence-electron chi connectivity index (χ0n) is 12.7. The summed E-state index contributed by atoms with van der Waals surface area (Å²) in [6.45, 7) is 9.31. The van der Waals surface area contributed by atoms with Crippen molar-refractivity contribution in [1.29, 1.82) is 0 Å². The molecule has 5 rings (SSSR count). The highest BCUT2D eigenvalue weighted by atomic mass is 15.2. The van der Waals surface area contributed by atoms with Gasteiger partial charge in [-0.2, -0.15) is 0 Å². The van der Waals surface area contributed by atoms with Crippen molar-refractivity contribution in [1.82, 2.24) is 0 Å². The largest absolute Gasteiger partial charge is 0.377 e. The van der Waals surface area contributed by atoms with Crippen LogP contribution >= 0.6 is 0 Å². The predicted molar refractivity (Wildman–Crippen MR) is 85.6 cm³/mol. The molecule has 3 aliphatic heterocycles. The minimum Gasteiger partial charge on any atom is -0.377 e. The first kappa shape index (κ1) is 12.0. The third-order valence-corrected chi connectivity index (χ3v) is 6.76. The van der Waals surface area contributed by atoms with E-state index >= 15 is 0 Å². The summed E-state index contributed by atoms with van der Waals surface area (Å²) in [6, 6.07) is 10.2. The summed E-state index contributed by atoms with van der Waals surface area (Å²) < 4.78 is 0. The molecule has 1 unspecified atom stereocenters. The second kappa shape index (κ2) is 3.80. The van der Waals surface area contributed by atoms with Gasteiger partial charge in [-0.25, -0.2) is 0 Å². The third-order valence-electron chi connectivity index (χ3n) is 6.76. The lowest BCUT2D eigenvalue weighted by Gasteiger charge is -2.49. The Morgan fingerprint density at radius 2 is 2.24 bits per heavy atom. The zero-order chi connectivity index (χ0) is 14.2. The smallest absolute Gasteiger partial charge is 0.101 e. The second-order valence-corrected chi connectivity index (χ2v) is 7.28. The number of anilines is 1. The molecule has 1 aliphatic carbocycles. The second-order valence-electron chi connectivity index (χ2n) is 7.28. The quantitative estimate of drug-likeness (QED) is 0.694. The zero-order valence-corrected chi connectivity index (χ0v) is 12.7. The van der Waals surface area contributed by atoms with Crippen molar-refractivity contribution in [3.8, 4) is 0 Å². The highest BCUT2D eigenvalue weighted by Gasteiger charge is 2.66. The van der Waals surface area contributed by atoms with Gasteiger partial charge >= 0.3 is 0 Å². The summed E-state index contributed by atoms with van der Waals surface area (Å²) in [7, 11) is 0. The lowest BCUT2D eigenvalue weighted by Crippen LogP contribution is -3.16. The molecule has 3 fully saturated rings. The third kappa shape index (κ3) is 1.24. The first-order valence-corrected chi connectivity index (χ1v) is 8.30. The highest BCUT2D eigenvalue weighted by Crippen LogP contribution is 2.56. The average Bonchev–Trinajstić information content (AvgIpc) is 3.07. The van der Waals surface area contributed by atoms with E-state index in [1.54, 1.807) is 11.1 Å². The van der Waals surface area contributed by atoms with Crippen molar-refractivity contribution < 1.29 is 4.90 Å². The van der Waals surface area contributed by atoms with Gasteiger partial charge in [-0.15, -0.1) is 0 Å². The van der Waals surface area contributed by atoms with E-state index in [4.69, 9.17) is 0 Å². The Hall–Kier alpha value is -1.54. The van der Waals surface area contributed by atoms with Crippen LogP contribution in [0.15, 0.2) is 48.1 Å². The number of benzene rings is 1. The molecule has 108 valence electrons. The van der Waals surface area contributed by atoms with Gasteiger partial charge < -0.3 is 10.2 Å². The molecule has 0 aromatic heterocycles. The number of nitrogens with one attached hydrogen (secondary N) is 2. The minimum atomic E-state index is 0.318. The summed E-state index contributed by atoms with van der Waals surface area (Å²) in [5.74, 6) is 0.613. The number of quaternary nitrogens is 1. The summed E-state index contributed by atoms with van der Waals surface area (Å²) in [5.41, 5.74) is 6.31. The molecule has 2 saturated heterocycles. The van der Waals surface area contributed by atoms with E-state index in [2.05, 4.69) is 49.2 Å². The van der Waals surface area contributed by atoms with Crippen LogP contribution in [0.25, 0.3) is 0 Å². The van der Waals surface area contributed by atoms with Gasteiger partial charge in [0.05, 0.1) is 24.5 Å². The Morgan fingerprint density at radius 3 is 3.10 bits per heavy atom. The molecule has 3 heterocycles. The summed E-state index contributed by atoms with van der Waals surface area (Å²) in [6.07, 6.45) is 4.97. The fourth-order valence-electron chi connectivity index (χ4n) is 5.88. The van der Waals surface area contributed by atoms with E-state index < -0.39 is 0 Å². The Bertz CT molecular complexity index is 674. The lowest BCUT2D eigenvalue weighted by molar-refractivity contribution is -0.915. The molecule has 2 nitrogen and oxygen atoms in total. The van der Waals surface area contributed by atoms with Crippen LogP contribution in [0.4, 0.5) is 5.69 Å². The summed E-state index contributed by atoms with van der Waals surface area (Å²) in [5, 5.41) is 3.84. The first-order valence-electron chi connectivity index (χ1n) is 8.30. The lowest BCUT2D eigenvalue weighted by atomic mass is 9.58. The molecule has 21 heavy (non-hydrogen) atoms. The van der Waals surface area contributed by atoms with E-state index in [0.29, 0.717) is 17.4 Å². The maximum Gasteiger partial charge on any atom is 0.101 e. The van der Waals surface area contributed by atoms with E-state index in [0.717, 1.165) is 6.04 Å². The van der Waals surface area contributed by atoms with Gasteiger partial charge in [0.2, 0.25) is 0 Å². The van der Waals surface area contributed by atoms with Gasteiger partial charge in [0.25, 0.3) is 0 Å². The van der Waals surface area contributed by atoms with Crippen LogP contribution in [0, 0.1) is 5.92 Å². The molecule has 0 radical (unpaired) electrons. The molecular weight excluding hydrogens is 256 g/mol. The topological polar surface area (TPSA) is 16.5 Å². The van der Waals surface area contributed by atoms with E-state index in [9.17, 15) is 0 Å². The van der Waals surface area contributed by atoms with Gasteiger partial charge in [0.1, 0.15) is 6.04 Å². The van der Waals surface area contributed by atoms with Gasteiger partial charge in [0.15, 0.2) is 0 Å². The highest BCUT2D eigenvalue weighted by molar-refractivity contribution is 5.66. The predicted octanol–water partition coefficient (Wildman–Crippen LogP) is 1.91. The molecule has 2 N–H and O–H groups in total. The molecule has 4 aliphatic rings. The monoisotopic (exact) mass is 279 g/mol. The normalized spacial score (nSPS) is 44.4. The minimum absolute atomic E-state index is 0.318. The molecule has 2 heteroatoms. The molecule has 1 spiro atoms. The van der Waals surface area contributed by atoms with Crippen molar-refractivity contribution >= 4 is 5.69 Å². The Labute approximate surface area is 126 Å². The van der Waals surface area contributed by atoms with Gasteiger partial charge in [-0.05, 0) is 29.7 Å². The SMILES string of the molecule is C=C1[C@H]2C[C@@H]3[NH+](CC[C@@]34c3ccccc3N[C@@H]14)C/C2=C/C. The van der Waals surface area contributed by atoms with Crippen LogP contribution in [-0.4, -0.2) is 25.2 Å². The van der Waals surface area contributed by atoms with E-state index in [-0.39, 0.29) is 0 Å². The molecule has 1 aromatic carbocycles. The fourth-order valence-corrected chi connectivity index (χ4v) is 5.88. The number of piperidine rings is 1. The van der Waals surface area contributed by atoms with Crippen LogP contribution in [0.2, 0.25) is 0 Å². The van der Waals surface area contributed by atoms with Crippen LogP contribution in [0.1, 0.15) is 25.3 Å². The van der Waals surface area contributed by atoms with Crippen molar-refractivity contribution in [2.45, 2.75) is 37.3 Å². The molecule has 1 saturated carbocycles. The van der Waals surface area contributed by atoms with Crippen LogP contribution in [0.5, 0.6) is 0 Å². The van der Waals surface area contributed by atoms with Crippen molar-refractivity contribution in [3.05, 3.63) is 53.6 Å². The fraction of sp³-hybridized carbons (Fsp3) is 0.474. The maximum atomic E-state index is 4.56. The summed E-state index contributed by atoms with van der Waals surface area (Å²) in [4.78, 5) is 1.82. The van der Waals surface area contributed by atoms with Crippen molar-refractivity contribution in [2.24, 2.45) is 5.92 Å². The molecule has 5 atom stereocenters. The van der Waals surface area contributed by atoms with Crippen molar-refractivity contribution in [3.63, 3.8) is 0 Å². The maximum absolute atomic E-state index is 4.56. The van der Waals surface area contributed by atoms with E-state index in [1.165, 1.54) is 37.2 Å². The number of fused-ring (bicyclic) bond motifs is 2. The van der Waals surface area contributed by atoms with Crippen molar-refractivity contribution in [2.75, 3.05) is 18.4 Å². The Balaban J connectivity index is 1.73. The summed E-state index contributed by atoms with van der Waals surface area (Å²) >= 11 is 0. The van der Waals surface area contributed by atoms with Crippen LogP contribution < -0.4 is 10.2 Å². The Morgan fingerprint density at radius 1 is 1.38 bits per heavy atom. The number of rotatable bonds is 0. The first-order chi connectivity index (χ1) is 10.3. The Kier molecular flexibility index (Phi) is 2.18.